The highest BCUT2D eigenvalue weighted by Crippen LogP contribution is 2.33. The summed E-state index contributed by atoms with van der Waals surface area (Å²) in [5.74, 6) is 0.693. The Morgan fingerprint density at radius 3 is 2.71 bits per heavy atom. The normalized spacial score (nSPS) is 14.5. The number of hydrogen-bond donors (Lipinski definition) is 0. The summed E-state index contributed by atoms with van der Waals surface area (Å²) >= 11 is 6.30. The third-order valence-electron chi connectivity index (χ3n) is 4.69. The number of benzene rings is 1. The van der Waals surface area contributed by atoms with Gasteiger partial charge in [-0.05, 0) is 43.5 Å². The van der Waals surface area contributed by atoms with Crippen molar-refractivity contribution in [2.75, 3.05) is 25.1 Å². The SMILES string of the molecule is COc1cc(C)c(-c2cn3ccc(N4CCCC4)cc3n2)cc1Cl. The smallest absolute Gasteiger partial charge is 0.139 e. The van der Waals surface area contributed by atoms with E-state index in [0.29, 0.717) is 10.8 Å². The highest BCUT2D eigenvalue weighted by atomic mass is 35.5. The molecule has 1 fully saturated rings. The molecule has 0 aliphatic carbocycles. The zero-order valence-corrected chi connectivity index (χ0v) is 14.7. The molecule has 0 amide bonds. The number of aromatic nitrogens is 2. The second-order valence-electron chi connectivity index (χ2n) is 6.27. The number of nitrogens with zero attached hydrogens (tertiary/aromatic N) is 3. The lowest BCUT2D eigenvalue weighted by atomic mass is 10.1. The molecule has 1 aliphatic heterocycles. The first-order valence-electron chi connectivity index (χ1n) is 8.24. The molecule has 1 saturated heterocycles. The lowest BCUT2D eigenvalue weighted by Crippen LogP contribution is -2.17. The van der Waals surface area contributed by atoms with Gasteiger partial charge in [0.25, 0.3) is 0 Å². The lowest BCUT2D eigenvalue weighted by Gasteiger charge is -2.17. The number of halogens is 1. The summed E-state index contributed by atoms with van der Waals surface area (Å²) in [7, 11) is 1.63. The number of fused-ring (bicyclic) bond motifs is 1. The monoisotopic (exact) mass is 341 g/mol. The Morgan fingerprint density at radius 1 is 1.17 bits per heavy atom. The van der Waals surface area contributed by atoms with E-state index in [2.05, 4.69) is 27.6 Å². The quantitative estimate of drug-likeness (QED) is 0.698. The van der Waals surface area contributed by atoms with E-state index in [9.17, 15) is 0 Å². The van der Waals surface area contributed by atoms with Gasteiger partial charge in [-0.3, -0.25) is 0 Å². The number of imidazole rings is 1. The van der Waals surface area contributed by atoms with Gasteiger partial charge in [-0.25, -0.2) is 4.98 Å². The third kappa shape index (κ3) is 2.61. The van der Waals surface area contributed by atoms with E-state index in [1.54, 1.807) is 7.11 Å². The summed E-state index contributed by atoms with van der Waals surface area (Å²) in [6.07, 6.45) is 6.68. The zero-order valence-electron chi connectivity index (χ0n) is 13.9. The fourth-order valence-corrected chi connectivity index (χ4v) is 3.60. The summed E-state index contributed by atoms with van der Waals surface area (Å²) in [6.45, 7) is 4.32. The maximum absolute atomic E-state index is 6.30. The van der Waals surface area contributed by atoms with E-state index in [0.717, 1.165) is 35.6 Å². The van der Waals surface area contributed by atoms with Gasteiger partial charge in [-0.1, -0.05) is 11.6 Å². The maximum Gasteiger partial charge on any atom is 0.139 e. The van der Waals surface area contributed by atoms with Crippen molar-refractivity contribution in [1.29, 1.82) is 0 Å². The molecule has 5 heteroatoms. The molecular weight excluding hydrogens is 322 g/mol. The average Bonchev–Trinajstić information content (AvgIpc) is 3.24. The molecule has 0 saturated carbocycles. The Morgan fingerprint density at radius 2 is 1.96 bits per heavy atom. The van der Waals surface area contributed by atoms with Crippen molar-refractivity contribution in [3.8, 4) is 17.0 Å². The van der Waals surface area contributed by atoms with Crippen LogP contribution in [-0.2, 0) is 0 Å². The van der Waals surface area contributed by atoms with Gasteiger partial charge in [-0.2, -0.15) is 0 Å². The average molecular weight is 342 g/mol. The van der Waals surface area contributed by atoms with Gasteiger partial charge in [0, 0.05) is 42.8 Å². The van der Waals surface area contributed by atoms with Crippen LogP contribution in [-0.4, -0.2) is 29.6 Å². The highest BCUT2D eigenvalue weighted by molar-refractivity contribution is 6.32. The molecule has 2 aromatic heterocycles. The molecule has 1 aliphatic rings. The van der Waals surface area contributed by atoms with Crippen LogP contribution in [0.2, 0.25) is 5.02 Å². The number of pyridine rings is 1. The summed E-state index contributed by atoms with van der Waals surface area (Å²) in [6, 6.07) is 8.21. The first kappa shape index (κ1) is 15.3. The maximum atomic E-state index is 6.30. The van der Waals surface area contributed by atoms with Gasteiger partial charge < -0.3 is 14.0 Å². The molecule has 124 valence electrons. The molecular formula is C19H20ClN3O. The van der Waals surface area contributed by atoms with E-state index in [1.807, 2.05) is 25.3 Å². The van der Waals surface area contributed by atoms with Crippen LogP contribution in [0.25, 0.3) is 16.9 Å². The largest absolute Gasteiger partial charge is 0.495 e. The van der Waals surface area contributed by atoms with Crippen LogP contribution in [0.5, 0.6) is 5.75 Å². The van der Waals surface area contributed by atoms with Crippen molar-refractivity contribution >= 4 is 22.9 Å². The van der Waals surface area contributed by atoms with Crippen LogP contribution in [0.3, 0.4) is 0 Å². The molecule has 0 bridgehead atoms. The molecule has 0 unspecified atom stereocenters. The van der Waals surface area contributed by atoms with Crippen LogP contribution in [0, 0.1) is 6.92 Å². The van der Waals surface area contributed by atoms with Gasteiger partial charge >= 0.3 is 0 Å². The lowest BCUT2D eigenvalue weighted by molar-refractivity contribution is 0.415. The predicted octanol–water partition coefficient (Wildman–Crippen LogP) is 4.57. The van der Waals surface area contributed by atoms with Crippen molar-refractivity contribution in [1.82, 2.24) is 9.38 Å². The number of hydrogen-bond acceptors (Lipinski definition) is 3. The molecule has 0 spiro atoms. The van der Waals surface area contributed by atoms with E-state index >= 15 is 0 Å². The summed E-state index contributed by atoms with van der Waals surface area (Å²) in [5, 5.41) is 0.605. The molecule has 4 rings (SSSR count). The summed E-state index contributed by atoms with van der Waals surface area (Å²) in [4.78, 5) is 7.23. The van der Waals surface area contributed by atoms with Crippen molar-refractivity contribution in [2.45, 2.75) is 19.8 Å². The number of ether oxygens (including phenoxy) is 1. The molecule has 3 aromatic rings. The fraction of sp³-hybridized carbons (Fsp3) is 0.316. The summed E-state index contributed by atoms with van der Waals surface area (Å²) in [5.41, 5.74) is 5.27. The highest BCUT2D eigenvalue weighted by Gasteiger charge is 2.15. The first-order chi connectivity index (χ1) is 11.7. The van der Waals surface area contributed by atoms with Crippen LogP contribution in [0.15, 0.2) is 36.7 Å². The molecule has 0 N–H and O–H groups in total. The topological polar surface area (TPSA) is 29.8 Å². The summed E-state index contributed by atoms with van der Waals surface area (Å²) < 4.78 is 7.35. The van der Waals surface area contributed by atoms with E-state index in [1.165, 1.54) is 18.5 Å². The van der Waals surface area contributed by atoms with Crippen LogP contribution in [0.4, 0.5) is 5.69 Å². The number of methoxy groups -OCH3 is 1. The second kappa shape index (κ2) is 6.02. The molecule has 0 atom stereocenters. The van der Waals surface area contributed by atoms with Crippen molar-refractivity contribution in [2.24, 2.45) is 0 Å². The van der Waals surface area contributed by atoms with Gasteiger partial charge in [0.15, 0.2) is 0 Å². The minimum Gasteiger partial charge on any atom is -0.495 e. The minimum atomic E-state index is 0.605. The molecule has 0 radical (unpaired) electrons. The molecule has 4 nitrogen and oxygen atoms in total. The van der Waals surface area contributed by atoms with Crippen LogP contribution >= 0.6 is 11.6 Å². The van der Waals surface area contributed by atoms with Gasteiger partial charge in [0.1, 0.15) is 11.4 Å². The van der Waals surface area contributed by atoms with E-state index in [-0.39, 0.29) is 0 Å². The fourth-order valence-electron chi connectivity index (χ4n) is 3.36. The third-order valence-corrected chi connectivity index (χ3v) is 4.99. The van der Waals surface area contributed by atoms with Gasteiger partial charge in [0.2, 0.25) is 0 Å². The molecule has 24 heavy (non-hydrogen) atoms. The zero-order chi connectivity index (χ0) is 16.7. The Labute approximate surface area is 146 Å². The Kier molecular flexibility index (Phi) is 3.85. The van der Waals surface area contributed by atoms with Crippen LogP contribution < -0.4 is 9.64 Å². The molecule has 1 aromatic carbocycles. The van der Waals surface area contributed by atoms with Crippen molar-refractivity contribution in [3.05, 3.63) is 47.2 Å². The Hall–Kier alpha value is -2.20. The standard InChI is InChI=1S/C19H20ClN3O/c1-13-9-18(24-2)16(20)11-15(13)17-12-23-8-5-14(10-19(23)21-17)22-6-3-4-7-22/h5,8-12H,3-4,6-7H2,1-2H3. The minimum absolute atomic E-state index is 0.605. The van der Waals surface area contributed by atoms with Crippen molar-refractivity contribution in [3.63, 3.8) is 0 Å². The second-order valence-corrected chi connectivity index (χ2v) is 6.68. The Bertz CT molecular complexity index is 897. The van der Waals surface area contributed by atoms with Gasteiger partial charge in [0.05, 0.1) is 17.8 Å². The van der Waals surface area contributed by atoms with E-state index in [4.69, 9.17) is 21.3 Å². The first-order valence-corrected chi connectivity index (χ1v) is 8.62. The van der Waals surface area contributed by atoms with E-state index < -0.39 is 0 Å². The predicted molar refractivity (Wildman–Crippen MR) is 98.4 cm³/mol. The number of anilines is 1. The Balaban J connectivity index is 1.76. The number of rotatable bonds is 3. The van der Waals surface area contributed by atoms with Crippen LogP contribution in [0.1, 0.15) is 18.4 Å². The van der Waals surface area contributed by atoms with Crippen molar-refractivity contribution < 1.29 is 4.74 Å². The number of aryl methyl sites for hydroxylation is 1. The molecule has 3 heterocycles. The van der Waals surface area contributed by atoms with Gasteiger partial charge in [-0.15, -0.1) is 0 Å².